The van der Waals surface area contributed by atoms with Gasteiger partial charge in [0.25, 0.3) is 5.91 Å². The molecule has 2 saturated heterocycles. The number of fused-ring (bicyclic) bond motifs is 2. The van der Waals surface area contributed by atoms with E-state index >= 15 is 0 Å². The van der Waals surface area contributed by atoms with E-state index in [1.54, 1.807) is 19.0 Å². The third-order valence-corrected chi connectivity index (χ3v) is 5.90. The van der Waals surface area contributed by atoms with Crippen molar-refractivity contribution in [2.45, 2.75) is 43.9 Å². The van der Waals surface area contributed by atoms with Gasteiger partial charge in [-0.15, -0.1) is 0 Å². The number of nitrogens with zero attached hydrogens (tertiary/aromatic N) is 2. The van der Waals surface area contributed by atoms with Crippen LogP contribution in [0.5, 0.6) is 5.75 Å². The molecule has 3 heterocycles. The molecule has 152 valence electrons. The average molecular weight is 387 g/mol. The van der Waals surface area contributed by atoms with Crippen LogP contribution in [0.3, 0.4) is 0 Å². The monoisotopic (exact) mass is 387 g/mol. The van der Waals surface area contributed by atoms with E-state index in [9.17, 15) is 9.59 Å². The molecule has 0 saturated carbocycles. The molecule has 0 bridgehead atoms. The second-order valence-electron chi connectivity index (χ2n) is 8.24. The molecular formula is C21H29N3O4. The lowest BCUT2D eigenvalue weighted by atomic mass is 10.0. The first-order valence-corrected chi connectivity index (χ1v) is 10.1. The zero-order valence-corrected chi connectivity index (χ0v) is 16.6. The lowest BCUT2D eigenvalue weighted by molar-refractivity contribution is -0.134. The SMILES string of the molecule is CN(C)C(=O)C[C@H]1CN2C[C@@H](NC(=O)c3ccc4c(c3)CCCO4)C[C@H]2CO1. The van der Waals surface area contributed by atoms with Crippen molar-refractivity contribution in [3.63, 3.8) is 0 Å². The number of hydrogen-bond donors (Lipinski definition) is 1. The molecule has 3 atom stereocenters. The average Bonchev–Trinajstić information content (AvgIpc) is 3.08. The molecule has 1 N–H and O–H groups in total. The summed E-state index contributed by atoms with van der Waals surface area (Å²) in [6, 6.07) is 6.12. The number of nitrogens with one attached hydrogen (secondary N) is 1. The van der Waals surface area contributed by atoms with Crippen LogP contribution < -0.4 is 10.1 Å². The minimum Gasteiger partial charge on any atom is -0.493 e. The first kappa shape index (κ1) is 19.2. The summed E-state index contributed by atoms with van der Waals surface area (Å²) >= 11 is 0. The normalized spacial score (nSPS) is 26.7. The first-order valence-electron chi connectivity index (χ1n) is 10.1. The Hall–Kier alpha value is -2.12. The van der Waals surface area contributed by atoms with Crippen molar-refractivity contribution in [2.24, 2.45) is 0 Å². The molecule has 4 rings (SSSR count). The highest BCUT2D eigenvalue weighted by Crippen LogP contribution is 2.27. The Morgan fingerprint density at radius 1 is 1.29 bits per heavy atom. The van der Waals surface area contributed by atoms with Gasteiger partial charge in [-0.25, -0.2) is 0 Å². The van der Waals surface area contributed by atoms with Gasteiger partial charge in [0.05, 0.1) is 25.7 Å². The van der Waals surface area contributed by atoms with E-state index in [-0.39, 0.29) is 24.0 Å². The Balaban J connectivity index is 1.32. The molecule has 1 aromatic carbocycles. The highest BCUT2D eigenvalue weighted by atomic mass is 16.5. The molecule has 28 heavy (non-hydrogen) atoms. The number of amides is 2. The van der Waals surface area contributed by atoms with Crippen LogP contribution in [-0.4, -0.2) is 80.2 Å². The second-order valence-corrected chi connectivity index (χ2v) is 8.24. The molecule has 0 aliphatic carbocycles. The lowest BCUT2D eigenvalue weighted by Crippen LogP contribution is -2.47. The summed E-state index contributed by atoms with van der Waals surface area (Å²) in [7, 11) is 3.53. The van der Waals surface area contributed by atoms with Gasteiger partial charge in [0.1, 0.15) is 5.75 Å². The lowest BCUT2D eigenvalue weighted by Gasteiger charge is -2.35. The van der Waals surface area contributed by atoms with Gasteiger partial charge in [0.2, 0.25) is 5.91 Å². The van der Waals surface area contributed by atoms with Crippen molar-refractivity contribution in [3.05, 3.63) is 29.3 Å². The van der Waals surface area contributed by atoms with E-state index in [0.29, 0.717) is 24.6 Å². The van der Waals surface area contributed by atoms with Gasteiger partial charge < -0.3 is 19.7 Å². The number of carbonyl (C=O) groups excluding carboxylic acids is 2. The number of morpholine rings is 1. The number of carbonyl (C=O) groups is 2. The molecule has 0 unspecified atom stereocenters. The van der Waals surface area contributed by atoms with Crippen LogP contribution in [0.4, 0.5) is 0 Å². The fourth-order valence-corrected chi connectivity index (χ4v) is 4.32. The zero-order chi connectivity index (χ0) is 19.7. The van der Waals surface area contributed by atoms with Gasteiger partial charge >= 0.3 is 0 Å². The van der Waals surface area contributed by atoms with Crippen molar-refractivity contribution in [1.29, 1.82) is 0 Å². The van der Waals surface area contributed by atoms with E-state index in [4.69, 9.17) is 9.47 Å². The van der Waals surface area contributed by atoms with Crippen LogP contribution in [0.25, 0.3) is 0 Å². The van der Waals surface area contributed by atoms with Gasteiger partial charge in [-0.1, -0.05) is 0 Å². The van der Waals surface area contributed by atoms with Crippen LogP contribution >= 0.6 is 0 Å². The molecule has 2 fully saturated rings. The number of ether oxygens (including phenoxy) is 2. The largest absolute Gasteiger partial charge is 0.493 e. The summed E-state index contributed by atoms with van der Waals surface area (Å²) in [6.45, 7) is 2.92. The van der Waals surface area contributed by atoms with E-state index in [1.807, 2.05) is 18.2 Å². The Morgan fingerprint density at radius 2 is 2.14 bits per heavy atom. The minimum absolute atomic E-state index is 0.0292. The number of benzene rings is 1. The van der Waals surface area contributed by atoms with Crippen molar-refractivity contribution in [2.75, 3.05) is 40.4 Å². The Bertz CT molecular complexity index is 751. The van der Waals surface area contributed by atoms with Crippen molar-refractivity contribution in [3.8, 4) is 5.75 Å². The molecule has 2 amide bonds. The predicted molar refractivity (Wildman–Crippen MR) is 105 cm³/mol. The van der Waals surface area contributed by atoms with Gasteiger partial charge in [-0.3, -0.25) is 14.5 Å². The molecule has 3 aliphatic rings. The van der Waals surface area contributed by atoms with E-state index in [2.05, 4.69) is 10.2 Å². The topological polar surface area (TPSA) is 71.1 Å². The molecule has 1 aromatic rings. The maximum atomic E-state index is 12.7. The quantitative estimate of drug-likeness (QED) is 0.837. The maximum Gasteiger partial charge on any atom is 0.251 e. The van der Waals surface area contributed by atoms with Crippen molar-refractivity contribution >= 4 is 11.8 Å². The smallest absolute Gasteiger partial charge is 0.251 e. The third-order valence-electron chi connectivity index (χ3n) is 5.90. The summed E-state index contributed by atoms with van der Waals surface area (Å²) < 4.78 is 11.5. The molecule has 0 aromatic heterocycles. The summed E-state index contributed by atoms with van der Waals surface area (Å²) in [5.74, 6) is 0.957. The Labute approximate surface area is 166 Å². The van der Waals surface area contributed by atoms with Crippen molar-refractivity contribution < 1.29 is 19.1 Å². The zero-order valence-electron chi connectivity index (χ0n) is 16.6. The second kappa shape index (κ2) is 8.09. The summed E-state index contributed by atoms with van der Waals surface area (Å²) in [4.78, 5) is 28.6. The van der Waals surface area contributed by atoms with Crippen LogP contribution in [-0.2, 0) is 16.0 Å². The van der Waals surface area contributed by atoms with Crippen LogP contribution in [0, 0.1) is 0 Å². The number of hydrogen-bond acceptors (Lipinski definition) is 5. The first-order chi connectivity index (χ1) is 13.5. The summed E-state index contributed by atoms with van der Waals surface area (Å²) in [6.07, 6.45) is 3.18. The van der Waals surface area contributed by atoms with Crippen LogP contribution in [0.15, 0.2) is 18.2 Å². The fourth-order valence-electron chi connectivity index (χ4n) is 4.32. The maximum absolute atomic E-state index is 12.7. The highest BCUT2D eigenvalue weighted by Gasteiger charge is 2.38. The summed E-state index contributed by atoms with van der Waals surface area (Å²) in [5, 5.41) is 3.18. The van der Waals surface area contributed by atoms with E-state index < -0.39 is 0 Å². The molecule has 7 heteroatoms. The van der Waals surface area contributed by atoms with Gasteiger partial charge in [0, 0.05) is 44.8 Å². The highest BCUT2D eigenvalue weighted by molar-refractivity contribution is 5.94. The number of rotatable bonds is 4. The summed E-state index contributed by atoms with van der Waals surface area (Å²) in [5.41, 5.74) is 1.81. The van der Waals surface area contributed by atoms with Crippen LogP contribution in [0.2, 0.25) is 0 Å². The Morgan fingerprint density at radius 3 is 2.96 bits per heavy atom. The molecule has 3 aliphatic heterocycles. The predicted octanol–water partition coefficient (Wildman–Crippen LogP) is 1.06. The molecule has 7 nitrogen and oxygen atoms in total. The van der Waals surface area contributed by atoms with Crippen LogP contribution in [0.1, 0.15) is 35.2 Å². The van der Waals surface area contributed by atoms with Gasteiger partial charge in [-0.2, -0.15) is 0 Å². The molecule has 0 radical (unpaired) electrons. The standard InChI is InChI=1S/C21H29N3O4/c1-23(2)20(25)10-18-12-24-11-16(9-17(24)13-28-18)22-21(26)15-5-6-19-14(8-15)4-3-7-27-19/h5-6,8,16-18H,3-4,7,9-13H2,1-2H3,(H,22,26)/t16-,17-,18-/m0/s1. The van der Waals surface area contributed by atoms with Crippen molar-refractivity contribution in [1.82, 2.24) is 15.1 Å². The molecule has 0 spiro atoms. The van der Waals surface area contributed by atoms with Gasteiger partial charge in [0.15, 0.2) is 0 Å². The van der Waals surface area contributed by atoms with E-state index in [0.717, 1.165) is 50.3 Å². The fraction of sp³-hybridized carbons (Fsp3) is 0.619. The number of aryl methyl sites for hydroxylation is 1. The van der Waals surface area contributed by atoms with E-state index in [1.165, 1.54) is 0 Å². The van der Waals surface area contributed by atoms with Gasteiger partial charge in [-0.05, 0) is 43.0 Å². The minimum atomic E-state index is -0.0683. The third kappa shape index (κ3) is 4.15. The molecular weight excluding hydrogens is 358 g/mol. The Kier molecular flexibility index (Phi) is 5.55.